The van der Waals surface area contributed by atoms with Crippen LogP contribution in [0.3, 0.4) is 0 Å². The molecular weight excluding hydrogens is 274 g/mol. The van der Waals surface area contributed by atoms with Crippen LogP contribution in [0.1, 0.15) is 36.2 Å². The van der Waals surface area contributed by atoms with E-state index in [1.54, 1.807) is 4.90 Å². The van der Waals surface area contributed by atoms with Crippen LogP contribution in [0.5, 0.6) is 5.75 Å². The Hall–Kier alpha value is -2.02. The Balaban J connectivity index is 1.61. The Morgan fingerprint density at radius 3 is 2.81 bits per heavy atom. The first-order chi connectivity index (χ1) is 10.1. The third-order valence-corrected chi connectivity index (χ3v) is 4.29. The minimum atomic E-state index is -0.540. The van der Waals surface area contributed by atoms with Crippen molar-refractivity contribution in [2.45, 2.75) is 44.1 Å². The van der Waals surface area contributed by atoms with Gasteiger partial charge in [0.15, 0.2) is 11.4 Å². The normalized spacial score (nSPS) is 27.8. The first-order valence-electron chi connectivity index (χ1n) is 7.31. The molecule has 1 saturated heterocycles. The fourth-order valence-corrected chi connectivity index (χ4v) is 3.03. The smallest absolute Gasteiger partial charge is 0.278 e. The zero-order valence-corrected chi connectivity index (χ0v) is 11.5. The van der Waals surface area contributed by atoms with Gasteiger partial charge >= 0.3 is 0 Å². The summed E-state index contributed by atoms with van der Waals surface area (Å²) in [7, 11) is 0. The van der Waals surface area contributed by atoms with E-state index >= 15 is 0 Å². The molecule has 1 amide bonds. The molecule has 0 radical (unpaired) electrons. The van der Waals surface area contributed by atoms with E-state index < -0.39 is 11.2 Å². The molecule has 1 aromatic heterocycles. The molecule has 1 aromatic rings. The molecule has 2 atom stereocenters. The molecule has 112 valence electrons. The van der Waals surface area contributed by atoms with Crippen LogP contribution < -0.4 is 10.9 Å². The van der Waals surface area contributed by atoms with E-state index in [0.29, 0.717) is 19.1 Å². The van der Waals surface area contributed by atoms with Gasteiger partial charge in [0, 0.05) is 25.2 Å². The number of amides is 1. The van der Waals surface area contributed by atoms with Crippen molar-refractivity contribution in [3.63, 3.8) is 0 Å². The molecule has 3 heterocycles. The third-order valence-electron chi connectivity index (χ3n) is 4.29. The van der Waals surface area contributed by atoms with Gasteiger partial charge < -0.3 is 20.2 Å². The van der Waals surface area contributed by atoms with Crippen molar-refractivity contribution in [1.82, 2.24) is 9.58 Å². The molecule has 0 aromatic carbocycles. The van der Waals surface area contributed by atoms with Gasteiger partial charge in [-0.15, -0.1) is 0 Å². The number of hydrogen-bond donors (Lipinski definition) is 2. The molecule has 0 spiro atoms. The summed E-state index contributed by atoms with van der Waals surface area (Å²) >= 11 is 0. The van der Waals surface area contributed by atoms with Crippen molar-refractivity contribution in [1.29, 1.82) is 0 Å². The van der Waals surface area contributed by atoms with Crippen molar-refractivity contribution < 1.29 is 14.6 Å². The second-order valence-corrected chi connectivity index (χ2v) is 5.87. The average molecular weight is 291 g/mol. The van der Waals surface area contributed by atoms with Gasteiger partial charge in [-0.3, -0.25) is 14.3 Å². The molecule has 1 unspecified atom stereocenters. The lowest BCUT2D eigenvalue weighted by Crippen LogP contribution is -2.58. The number of aromatic nitrogens is 1. The van der Waals surface area contributed by atoms with Crippen molar-refractivity contribution in [3.8, 4) is 5.75 Å². The van der Waals surface area contributed by atoms with Crippen LogP contribution in [0, 0.1) is 0 Å². The molecule has 2 fully saturated rings. The Morgan fingerprint density at radius 2 is 2.05 bits per heavy atom. The van der Waals surface area contributed by atoms with Gasteiger partial charge in [-0.25, -0.2) is 0 Å². The number of ether oxygens (including phenoxy) is 1. The average Bonchev–Trinajstić information content (AvgIpc) is 3.27. The van der Waals surface area contributed by atoms with Crippen molar-refractivity contribution in [3.05, 3.63) is 28.2 Å². The molecule has 21 heavy (non-hydrogen) atoms. The maximum atomic E-state index is 12.5. The SMILES string of the molecule is O=C1c2c(O)c(=O)ccn2N[C@@H]2CC(OC3CC3)CCN12. The first kappa shape index (κ1) is 12.7. The number of pyridine rings is 1. The molecule has 0 bridgehead atoms. The third kappa shape index (κ3) is 2.08. The van der Waals surface area contributed by atoms with Gasteiger partial charge in [-0.05, 0) is 19.3 Å². The molecule has 1 aliphatic carbocycles. The lowest BCUT2D eigenvalue weighted by molar-refractivity contribution is -0.0193. The van der Waals surface area contributed by atoms with Gasteiger partial charge in [0.05, 0.1) is 12.2 Å². The predicted molar refractivity (Wildman–Crippen MR) is 73.7 cm³/mol. The summed E-state index contributed by atoms with van der Waals surface area (Å²) in [5, 5.41) is 9.84. The molecule has 7 heteroatoms. The first-order valence-corrected chi connectivity index (χ1v) is 7.31. The highest BCUT2D eigenvalue weighted by molar-refractivity contribution is 5.96. The van der Waals surface area contributed by atoms with Crippen LogP contribution in [-0.2, 0) is 4.74 Å². The van der Waals surface area contributed by atoms with Gasteiger partial charge in [0.2, 0.25) is 5.43 Å². The van der Waals surface area contributed by atoms with E-state index in [1.165, 1.54) is 16.9 Å². The maximum absolute atomic E-state index is 12.5. The van der Waals surface area contributed by atoms with Crippen molar-refractivity contribution in [2.24, 2.45) is 0 Å². The summed E-state index contributed by atoms with van der Waals surface area (Å²) in [6.07, 6.45) is 5.65. The van der Waals surface area contributed by atoms with E-state index in [2.05, 4.69) is 5.43 Å². The lowest BCUT2D eigenvalue weighted by Gasteiger charge is -2.43. The standard InChI is InChI=1S/C14H17N3O4/c18-10-4-6-17-12(13(10)19)14(20)16-5-3-9(7-11(16)15-17)21-8-1-2-8/h4,6,8-9,11,15,19H,1-3,5,7H2/t9?,11-/m0/s1. The molecular formula is C14H17N3O4. The number of aromatic hydroxyl groups is 1. The Kier molecular flexibility index (Phi) is 2.72. The number of rotatable bonds is 2. The summed E-state index contributed by atoms with van der Waals surface area (Å²) in [4.78, 5) is 25.7. The van der Waals surface area contributed by atoms with Crippen LogP contribution >= 0.6 is 0 Å². The highest BCUT2D eigenvalue weighted by Crippen LogP contribution is 2.31. The van der Waals surface area contributed by atoms with Crippen LogP contribution in [0.2, 0.25) is 0 Å². The minimum Gasteiger partial charge on any atom is -0.502 e. The van der Waals surface area contributed by atoms with Crippen LogP contribution in [0.4, 0.5) is 0 Å². The summed E-state index contributed by atoms with van der Waals surface area (Å²) < 4.78 is 7.37. The molecule has 7 nitrogen and oxygen atoms in total. The minimum absolute atomic E-state index is 0.0142. The Bertz CT molecular complexity index is 652. The molecule has 4 rings (SSSR count). The van der Waals surface area contributed by atoms with Gasteiger partial charge in [-0.1, -0.05) is 0 Å². The predicted octanol–water partition coefficient (Wildman–Crippen LogP) is 0.221. The fourth-order valence-electron chi connectivity index (χ4n) is 3.03. The molecule has 3 aliphatic rings. The summed E-state index contributed by atoms with van der Waals surface area (Å²) in [6.45, 7) is 0.566. The summed E-state index contributed by atoms with van der Waals surface area (Å²) in [5.41, 5.74) is 2.64. The second-order valence-electron chi connectivity index (χ2n) is 5.87. The second kappa shape index (κ2) is 4.49. The number of hydrogen-bond acceptors (Lipinski definition) is 5. The van der Waals surface area contributed by atoms with E-state index in [-0.39, 0.29) is 23.9 Å². The van der Waals surface area contributed by atoms with E-state index in [0.717, 1.165) is 19.3 Å². The molecule has 1 saturated carbocycles. The number of fused-ring (bicyclic) bond motifs is 2. The quantitative estimate of drug-likeness (QED) is 0.814. The lowest BCUT2D eigenvalue weighted by atomic mass is 10.0. The molecule has 2 N–H and O–H groups in total. The largest absolute Gasteiger partial charge is 0.502 e. The number of nitrogens with zero attached hydrogens (tertiary/aromatic N) is 2. The number of carbonyl (C=O) groups excluding carboxylic acids is 1. The van der Waals surface area contributed by atoms with Gasteiger partial charge in [0.25, 0.3) is 5.91 Å². The van der Waals surface area contributed by atoms with Crippen LogP contribution in [0.25, 0.3) is 0 Å². The fraction of sp³-hybridized carbons (Fsp3) is 0.571. The van der Waals surface area contributed by atoms with Crippen LogP contribution in [0.15, 0.2) is 17.1 Å². The zero-order valence-electron chi connectivity index (χ0n) is 11.5. The monoisotopic (exact) mass is 291 g/mol. The van der Waals surface area contributed by atoms with Crippen LogP contribution in [-0.4, -0.2) is 45.5 Å². The summed E-state index contributed by atoms with van der Waals surface area (Å²) in [6, 6.07) is 1.25. The number of nitrogens with one attached hydrogen (secondary N) is 1. The maximum Gasteiger partial charge on any atom is 0.278 e. The highest BCUT2D eigenvalue weighted by Gasteiger charge is 2.40. The topological polar surface area (TPSA) is 83.8 Å². The van der Waals surface area contributed by atoms with E-state index in [9.17, 15) is 14.7 Å². The number of piperidine rings is 1. The zero-order chi connectivity index (χ0) is 14.6. The Labute approximate surface area is 121 Å². The van der Waals surface area contributed by atoms with Crippen molar-refractivity contribution >= 4 is 5.91 Å². The van der Waals surface area contributed by atoms with E-state index in [4.69, 9.17) is 4.74 Å². The summed E-state index contributed by atoms with van der Waals surface area (Å²) in [5.74, 6) is -0.802. The van der Waals surface area contributed by atoms with E-state index in [1.807, 2.05) is 0 Å². The molecule has 2 aliphatic heterocycles. The Morgan fingerprint density at radius 1 is 1.24 bits per heavy atom. The number of carbonyl (C=O) groups is 1. The highest BCUT2D eigenvalue weighted by atomic mass is 16.5. The van der Waals surface area contributed by atoms with Gasteiger partial charge in [0.1, 0.15) is 6.17 Å². The van der Waals surface area contributed by atoms with Crippen molar-refractivity contribution in [2.75, 3.05) is 12.0 Å². The van der Waals surface area contributed by atoms with Gasteiger partial charge in [-0.2, -0.15) is 0 Å².